The summed E-state index contributed by atoms with van der Waals surface area (Å²) in [6.07, 6.45) is 1.85. The number of aromatic nitrogens is 1. The molecule has 0 aliphatic rings. The highest BCUT2D eigenvalue weighted by atomic mass is 32.1. The number of thiazole rings is 1. The molecule has 1 unspecified atom stereocenters. The zero-order chi connectivity index (χ0) is 13.8. The van der Waals surface area contributed by atoms with Crippen LogP contribution < -0.4 is 5.73 Å². The lowest BCUT2D eigenvalue weighted by Gasteiger charge is -2.05. The molecule has 1 aromatic heterocycles. The van der Waals surface area contributed by atoms with E-state index in [4.69, 9.17) is 5.73 Å². The molecule has 1 heterocycles. The summed E-state index contributed by atoms with van der Waals surface area (Å²) in [4.78, 5) is 15.0. The molecule has 2 rings (SSSR count). The third-order valence-electron chi connectivity index (χ3n) is 2.82. The van der Waals surface area contributed by atoms with Gasteiger partial charge >= 0.3 is 0 Å². The number of rotatable bonds is 5. The number of benzene rings is 1. The van der Waals surface area contributed by atoms with Gasteiger partial charge < -0.3 is 5.73 Å². The molecule has 0 amide bonds. The van der Waals surface area contributed by atoms with E-state index >= 15 is 0 Å². The second-order valence-electron chi connectivity index (χ2n) is 4.24. The maximum Gasteiger partial charge on any atom is 0.278 e. The van der Waals surface area contributed by atoms with Gasteiger partial charge in [0.25, 0.3) is 5.69 Å². The summed E-state index contributed by atoms with van der Waals surface area (Å²) in [7, 11) is 0. The van der Waals surface area contributed by atoms with E-state index in [1.54, 1.807) is 18.2 Å². The number of para-hydroxylation sites is 1. The predicted molar refractivity (Wildman–Crippen MR) is 76.0 cm³/mol. The quantitative estimate of drug-likeness (QED) is 0.669. The summed E-state index contributed by atoms with van der Waals surface area (Å²) in [6.45, 7) is 2.07. The van der Waals surface area contributed by atoms with Gasteiger partial charge in [0.1, 0.15) is 5.01 Å². The molecule has 2 aromatic rings. The lowest BCUT2D eigenvalue weighted by atomic mass is 10.1. The van der Waals surface area contributed by atoms with Crippen molar-refractivity contribution in [3.8, 4) is 11.3 Å². The second-order valence-corrected chi connectivity index (χ2v) is 5.13. The average Bonchev–Trinajstić information content (AvgIpc) is 2.88. The van der Waals surface area contributed by atoms with E-state index in [0.29, 0.717) is 11.3 Å². The topological polar surface area (TPSA) is 82.0 Å². The van der Waals surface area contributed by atoms with Crippen molar-refractivity contribution in [1.82, 2.24) is 4.98 Å². The zero-order valence-corrected chi connectivity index (χ0v) is 11.4. The van der Waals surface area contributed by atoms with Crippen LogP contribution in [0.2, 0.25) is 0 Å². The molecule has 0 bridgehead atoms. The minimum atomic E-state index is -0.389. The van der Waals surface area contributed by atoms with Gasteiger partial charge in [-0.1, -0.05) is 25.5 Å². The Labute approximate surface area is 115 Å². The number of nitro groups is 1. The van der Waals surface area contributed by atoms with Gasteiger partial charge in [0.15, 0.2) is 0 Å². The predicted octanol–water partition coefficient (Wildman–Crippen LogP) is 3.52. The zero-order valence-electron chi connectivity index (χ0n) is 10.6. The van der Waals surface area contributed by atoms with Crippen molar-refractivity contribution in [3.05, 3.63) is 44.8 Å². The second kappa shape index (κ2) is 5.90. The smallest absolute Gasteiger partial charge is 0.278 e. The highest BCUT2D eigenvalue weighted by Gasteiger charge is 2.18. The summed E-state index contributed by atoms with van der Waals surface area (Å²) >= 11 is 1.45. The van der Waals surface area contributed by atoms with Gasteiger partial charge in [-0.05, 0) is 12.5 Å². The van der Waals surface area contributed by atoms with Crippen LogP contribution in [0.3, 0.4) is 0 Å². The van der Waals surface area contributed by atoms with Crippen LogP contribution in [0.15, 0.2) is 29.6 Å². The van der Waals surface area contributed by atoms with Crippen LogP contribution in [0.25, 0.3) is 11.3 Å². The Morgan fingerprint density at radius 1 is 1.47 bits per heavy atom. The molecule has 0 fully saturated rings. The molecule has 0 radical (unpaired) electrons. The molecule has 1 atom stereocenters. The molecular weight excluding hydrogens is 262 g/mol. The Kier molecular flexibility index (Phi) is 4.24. The standard InChI is InChI=1S/C13H15N3O2S/c1-2-5-10(14)13-15-11(8-19-13)9-6-3-4-7-12(9)16(17)18/h3-4,6-8,10H,2,5,14H2,1H3. The Bertz CT molecular complexity index is 583. The fraction of sp³-hybridized carbons (Fsp3) is 0.308. The number of nitro benzene ring substituents is 1. The minimum absolute atomic E-state index is 0.0726. The molecule has 0 aliphatic heterocycles. The van der Waals surface area contributed by atoms with Crippen molar-refractivity contribution < 1.29 is 4.92 Å². The van der Waals surface area contributed by atoms with E-state index in [9.17, 15) is 10.1 Å². The molecule has 0 saturated carbocycles. The van der Waals surface area contributed by atoms with Crippen LogP contribution in [-0.2, 0) is 0 Å². The van der Waals surface area contributed by atoms with Crippen LogP contribution in [0.1, 0.15) is 30.8 Å². The third-order valence-corrected chi connectivity index (χ3v) is 3.79. The van der Waals surface area contributed by atoms with Crippen molar-refractivity contribution in [2.45, 2.75) is 25.8 Å². The van der Waals surface area contributed by atoms with Crippen LogP contribution in [-0.4, -0.2) is 9.91 Å². The molecular formula is C13H15N3O2S. The average molecular weight is 277 g/mol. The van der Waals surface area contributed by atoms with Gasteiger partial charge in [0.2, 0.25) is 0 Å². The van der Waals surface area contributed by atoms with E-state index in [2.05, 4.69) is 11.9 Å². The van der Waals surface area contributed by atoms with Crippen LogP contribution in [0.4, 0.5) is 5.69 Å². The van der Waals surface area contributed by atoms with E-state index in [0.717, 1.165) is 17.8 Å². The van der Waals surface area contributed by atoms with Crippen molar-refractivity contribution in [2.24, 2.45) is 5.73 Å². The molecule has 1 aromatic carbocycles. The van der Waals surface area contributed by atoms with Gasteiger partial charge in [0.05, 0.1) is 22.2 Å². The lowest BCUT2D eigenvalue weighted by Crippen LogP contribution is -2.09. The van der Waals surface area contributed by atoms with Gasteiger partial charge in [-0.2, -0.15) is 0 Å². The van der Waals surface area contributed by atoms with E-state index in [-0.39, 0.29) is 16.7 Å². The maximum absolute atomic E-state index is 11.0. The minimum Gasteiger partial charge on any atom is -0.322 e. The molecule has 0 spiro atoms. The monoisotopic (exact) mass is 277 g/mol. The first kappa shape index (κ1) is 13.6. The Balaban J connectivity index is 2.35. The molecule has 100 valence electrons. The fourth-order valence-corrected chi connectivity index (χ4v) is 2.72. The summed E-state index contributed by atoms with van der Waals surface area (Å²) in [5, 5.41) is 13.7. The highest BCUT2D eigenvalue weighted by Crippen LogP contribution is 2.32. The van der Waals surface area contributed by atoms with Crippen molar-refractivity contribution in [1.29, 1.82) is 0 Å². The molecule has 19 heavy (non-hydrogen) atoms. The Hall–Kier alpha value is -1.79. The summed E-state index contributed by atoms with van der Waals surface area (Å²) in [6, 6.07) is 6.53. The SMILES string of the molecule is CCCC(N)c1nc(-c2ccccc2[N+](=O)[O-])cs1. The van der Waals surface area contributed by atoms with Gasteiger partial charge in [0, 0.05) is 11.4 Å². The molecule has 0 aliphatic carbocycles. The first-order chi connectivity index (χ1) is 9.13. The van der Waals surface area contributed by atoms with Gasteiger partial charge in [-0.15, -0.1) is 11.3 Å². The van der Waals surface area contributed by atoms with Crippen LogP contribution in [0, 0.1) is 10.1 Å². The fourth-order valence-electron chi connectivity index (χ4n) is 1.87. The molecule has 5 nitrogen and oxygen atoms in total. The van der Waals surface area contributed by atoms with E-state index in [1.165, 1.54) is 17.4 Å². The Morgan fingerprint density at radius 2 is 2.21 bits per heavy atom. The molecule has 0 saturated heterocycles. The number of hydrogen-bond donors (Lipinski definition) is 1. The summed E-state index contributed by atoms with van der Waals surface area (Å²) < 4.78 is 0. The Morgan fingerprint density at radius 3 is 2.89 bits per heavy atom. The summed E-state index contributed by atoms with van der Waals surface area (Å²) in [5.41, 5.74) is 7.25. The third kappa shape index (κ3) is 2.97. The number of nitrogens with two attached hydrogens (primary N) is 1. The normalized spacial score (nSPS) is 12.3. The van der Waals surface area contributed by atoms with Gasteiger partial charge in [-0.3, -0.25) is 10.1 Å². The lowest BCUT2D eigenvalue weighted by molar-refractivity contribution is -0.384. The van der Waals surface area contributed by atoms with Crippen molar-refractivity contribution >= 4 is 17.0 Å². The maximum atomic E-state index is 11.0. The van der Waals surface area contributed by atoms with Crippen molar-refractivity contribution in [3.63, 3.8) is 0 Å². The molecule has 2 N–H and O–H groups in total. The van der Waals surface area contributed by atoms with Crippen LogP contribution >= 0.6 is 11.3 Å². The highest BCUT2D eigenvalue weighted by molar-refractivity contribution is 7.10. The van der Waals surface area contributed by atoms with Crippen LogP contribution in [0.5, 0.6) is 0 Å². The van der Waals surface area contributed by atoms with Gasteiger partial charge in [-0.25, -0.2) is 4.98 Å². The number of nitrogens with zero attached hydrogens (tertiary/aromatic N) is 2. The first-order valence-electron chi connectivity index (χ1n) is 6.08. The first-order valence-corrected chi connectivity index (χ1v) is 6.96. The van der Waals surface area contributed by atoms with Crippen molar-refractivity contribution in [2.75, 3.05) is 0 Å². The number of hydrogen-bond acceptors (Lipinski definition) is 5. The van der Waals surface area contributed by atoms with E-state index < -0.39 is 0 Å². The largest absolute Gasteiger partial charge is 0.322 e. The van der Waals surface area contributed by atoms with E-state index in [1.807, 2.05) is 5.38 Å². The molecule has 6 heteroatoms. The summed E-state index contributed by atoms with van der Waals surface area (Å²) in [5.74, 6) is 0.